The van der Waals surface area contributed by atoms with Gasteiger partial charge in [-0.05, 0) is 41.0 Å². The van der Waals surface area contributed by atoms with Crippen molar-refractivity contribution < 1.29 is 10.2 Å². The Morgan fingerprint density at radius 2 is 1.68 bits per heavy atom. The van der Waals surface area contributed by atoms with Crippen LogP contribution in [0.15, 0.2) is 36.4 Å². The van der Waals surface area contributed by atoms with Crippen molar-refractivity contribution in [1.82, 2.24) is 5.32 Å². The molecule has 0 aliphatic carbocycles. The van der Waals surface area contributed by atoms with Gasteiger partial charge in [-0.1, -0.05) is 45.9 Å². The van der Waals surface area contributed by atoms with E-state index in [-0.39, 0.29) is 11.7 Å². The van der Waals surface area contributed by atoms with Crippen molar-refractivity contribution in [1.29, 1.82) is 0 Å². The Morgan fingerprint density at radius 3 is 2.32 bits per heavy atom. The average Bonchev–Trinajstić information content (AvgIpc) is 2.51. The predicted molar refractivity (Wildman–Crippen MR) is 92.1 cm³/mol. The van der Waals surface area contributed by atoms with E-state index in [1.165, 1.54) is 0 Å². The van der Waals surface area contributed by atoms with Crippen LogP contribution in [0.25, 0.3) is 10.8 Å². The van der Waals surface area contributed by atoms with Gasteiger partial charge in [-0.25, -0.2) is 0 Å². The minimum absolute atomic E-state index is 0.106. The van der Waals surface area contributed by atoms with Crippen LogP contribution in [0.3, 0.4) is 0 Å². The van der Waals surface area contributed by atoms with Crippen molar-refractivity contribution in [3.8, 4) is 5.75 Å². The summed E-state index contributed by atoms with van der Waals surface area (Å²) in [5.74, 6) is 0.370. The van der Waals surface area contributed by atoms with Crippen molar-refractivity contribution in [3.63, 3.8) is 0 Å². The molecule has 3 heteroatoms. The van der Waals surface area contributed by atoms with E-state index in [4.69, 9.17) is 0 Å². The van der Waals surface area contributed by atoms with Crippen LogP contribution < -0.4 is 5.32 Å². The molecule has 0 aliphatic rings. The Kier molecular flexibility index (Phi) is 5.09. The highest BCUT2D eigenvalue weighted by Crippen LogP contribution is 2.35. The molecule has 0 bridgehead atoms. The molecule has 0 spiro atoms. The second kappa shape index (κ2) is 6.67. The third-order valence-electron chi connectivity index (χ3n) is 4.51. The van der Waals surface area contributed by atoms with E-state index < -0.39 is 5.60 Å². The lowest BCUT2D eigenvalue weighted by molar-refractivity contribution is -0.0209. The standard InChI is InChI=1S/C19H27NO2/c1-5-19(22,14(4)12-20-13(2)3)17-8-6-16-11-18(21)9-7-15(16)10-17/h6-11,13-14,20-22H,5,12H2,1-4H3. The van der Waals surface area contributed by atoms with E-state index >= 15 is 0 Å². The number of nitrogens with one attached hydrogen (secondary N) is 1. The quantitative estimate of drug-likeness (QED) is 0.761. The first kappa shape index (κ1) is 16.8. The molecule has 0 saturated heterocycles. The van der Waals surface area contributed by atoms with Crippen LogP contribution in [0.4, 0.5) is 0 Å². The van der Waals surface area contributed by atoms with Gasteiger partial charge in [0.15, 0.2) is 0 Å². The van der Waals surface area contributed by atoms with Crippen LogP contribution in [0.5, 0.6) is 5.75 Å². The summed E-state index contributed by atoms with van der Waals surface area (Å²) in [7, 11) is 0. The maximum atomic E-state index is 11.2. The summed E-state index contributed by atoms with van der Waals surface area (Å²) in [6, 6.07) is 11.7. The predicted octanol–water partition coefficient (Wildman–Crippen LogP) is 3.78. The molecular weight excluding hydrogens is 274 g/mol. The Hall–Kier alpha value is -1.58. The van der Waals surface area contributed by atoms with Crippen LogP contribution >= 0.6 is 0 Å². The lowest BCUT2D eigenvalue weighted by Crippen LogP contribution is -2.40. The van der Waals surface area contributed by atoms with Gasteiger partial charge < -0.3 is 15.5 Å². The molecule has 2 rings (SSSR count). The first-order valence-corrected chi connectivity index (χ1v) is 8.06. The van der Waals surface area contributed by atoms with E-state index in [1.807, 2.05) is 31.2 Å². The van der Waals surface area contributed by atoms with Crippen molar-refractivity contribution in [2.45, 2.75) is 45.8 Å². The monoisotopic (exact) mass is 301 g/mol. The van der Waals surface area contributed by atoms with Crippen molar-refractivity contribution in [2.24, 2.45) is 5.92 Å². The zero-order chi connectivity index (χ0) is 16.3. The fourth-order valence-corrected chi connectivity index (χ4v) is 2.92. The number of phenols is 1. The fraction of sp³-hybridized carbons (Fsp3) is 0.474. The molecule has 0 heterocycles. The van der Waals surface area contributed by atoms with E-state index in [9.17, 15) is 10.2 Å². The lowest BCUT2D eigenvalue weighted by Gasteiger charge is -2.35. The molecule has 3 nitrogen and oxygen atoms in total. The van der Waals surface area contributed by atoms with E-state index in [1.54, 1.807) is 12.1 Å². The Bertz CT molecular complexity index is 638. The molecule has 120 valence electrons. The van der Waals surface area contributed by atoms with Gasteiger partial charge in [0.25, 0.3) is 0 Å². The number of benzene rings is 2. The van der Waals surface area contributed by atoms with Crippen molar-refractivity contribution in [2.75, 3.05) is 6.54 Å². The highest BCUT2D eigenvalue weighted by molar-refractivity contribution is 5.84. The summed E-state index contributed by atoms with van der Waals surface area (Å²) in [5, 5.41) is 26.2. The van der Waals surface area contributed by atoms with Crippen molar-refractivity contribution in [3.05, 3.63) is 42.0 Å². The van der Waals surface area contributed by atoms with Gasteiger partial charge in [0.2, 0.25) is 0 Å². The summed E-state index contributed by atoms with van der Waals surface area (Å²) in [6.45, 7) is 9.10. The van der Waals surface area contributed by atoms with Crippen LogP contribution in [0.1, 0.15) is 39.7 Å². The number of aromatic hydroxyl groups is 1. The topological polar surface area (TPSA) is 52.5 Å². The number of phenolic OH excluding ortho intramolecular Hbond substituents is 1. The molecule has 22 heavy (non-hydrogen) atoms. The largest absolute Gasteiger partial charge is 0.508 e. The zero-order valence-corrected chi connectivity index (χ0v) is 13.9. The molecule has 2 atom stereocenters. The molecule has 0 radical (unpaired) electrons. The molecule has 0 aromatic heterocycles. The smallest absolute Gasteiger partial charge is 0.116 e. The molecular formula is C19H27NO2. The highest BCUT2D eigenvalue weighted by Gasteiger charge is 2.33. The fourth-order valence-electron chi connectivity index (χ4n) is 2.92. The number of hydrogen-bond donors (Lipinski definition) is 3. The maximum Gasteiger partial charge on any atom is 0.116 e. The molecule has 2 aromatic carbocycles. The van der Waals surface area contributed by atoms with Gasteiger partial charge in [-0.15, -0.1) is 0 Å². The lowest BCUT2D eigenvalue weighted by atomic mass is 9.79. The van der Waals surface area contributed by atoms with E-state index in [0.29, 0.717) is 12.5 Å². The zero-order valence-electron chi connectivity index (χ0n) is 13.9. The SMILES string of the molecule is CCC(O)(c1ccc2cc(O)ccc2c1)C(C)CNC(C)C. The number of hydrogen-bond acceptors (Lipinski definition) is 3. The Morgan fingerprint density at radius 1 is 1.05 bits per heavy atom. The maximum absolute atomic E-state index is 11.2. The molecule has 0 saturated carbocycles. The summed E-state index contributed by atoms with van der Waals surface area (Å²) in [5.41, 5.74) is 0.0831. The van der Waals surface area contributed by atoms with Crippen LogP contribution in [-0.4, -0.2) is 22.8 Å². The molecule has 2 unspecified atom stereocenters. The minimum atomic E-state index is -0.853. The second-order valence-electron chi connectivity index (χ2n) is 6.49. The molecule has 0 fully saturated rings. The minimum Gasteiger partial charge on any atom is -0.508 e. The number of rotatable bonds is 6. The second-order valence-corrected chi connectivity index (χ2v) is 6.49. The van der Waals surface area contributed by atoms with E-state index in [0.717, 1.165) is 22.9 Å². The summed E-state index contributed by atoms with van der Waals surface area (Å²) in [6.07, 6.45) is 0.664. The molecule has 0 aliphatic heterocycles. The average molecular weight is 301 g/mol. The van der Waals surface area contributed by atoms with Crippen LogP contribution in [0.2, 0.25) is 0 Å². The number of fused-ring (bicyclic) bond motifs is 1. The Balaban J connectivity index is 2.34. The third kappa shape index (κ3) is 3.42. The van der Waals surface area contributed by atoms with Gasteiger partial charge in [-0.3, -0.25) is 0 Å². The first-order valence-electron chi connectivity index (χ1n) is 8.06. The van der Waals surface area contributed by atoms with Gasteiger partial charge in [-0.2, -0.15) is 0 Å². The summed E-state index contributed by atoms with van der Waals surface area (Å²) >= 11 is 0. The van der Waals surface area contributed by atoms with Gasteiger partial charge >= 0.3 is 0 Å². The molecule has 0 amide bonds. The summed E-state index contributed by atoms with van der Waals surface area (Å²) in [4.78, 5) is 0. The van der Waals surface area contributed by atoms with Crippen molar-refractivity contribution >= 4 is 10.8 Å². The number of aliphatic hydroxyl groups is 1. The van der Waals surface area contributed by atoms with Gasteiger partial charge in [0, 0.05) is 18.5 Å². The molecule has 2 aromatic rings. The highest BCUT2D eigenvalue weighted by atomic mass is 16.3. The third-order valence-corrected chi connectivity index (χ3v) is 4.51. The Labute approximate surface area is 133 Å². The van der Waals surface area contributed by atoms with Crippen LogP contribution in [0, 0.1) is 5.92 Å². The van der Waals surface area contributed by atoms with Gasteiger partial charge in [0.1, 0.15) is 5.75 Å². The normalized spacial score (nSPS) is 15.9. The summed E-state index contributed by atoms with van der Waals surface area (Å²) < 4.78 is 0. The van der Waals surface area contributed by atoms with E-state index in [2.05, 4.69) is 26.1 Å². The van der Waals surface area contributed by atoms with Crippen LogP contribution in [-0.2, 0) is 5.60 Å². The van der Waals surface area contributed by atoms with Gasteiger partial charge in [0.05, 0.1) is 5.60 Å². The first-order chi connectivity index (χ1) is 10.4. The molecule has 3 N–H and O–H groups in total.